The molecule has 3 unspecified atom stereocenters. The number of rotatable bonds is 13. The summed E-state index contributed by atoms with van der Waals surface area (Å²) in [5, 5.41) is 15.1. The van der Waals surface area contributed by atoms with Crippen LogP contribution < -0.4 is 16.4 Å². The fourth-order valence-corrected chi connectivity index (χ4v) is 4.58. The summed E-state index contributed by atoms with van der Waals surface area (Å²) in [6.07, 6.45) is -1.33. The monoisotopic (exact) mass is 635 g/mol. The summed E-state index contributed by atoms with van der Waals surface area (Å²) in [5.41, 5.74) is 5.37. The van der Waals surface area contributed by atoms with Gasteiger partial charge in [-0.2, -0.15) is 5.26 Å². The molecular formula is C34H45N5O7. The topological polar surface area (TPSA) is 181 Å². The van der Waals surface area contributed by atoms with Crippen molar-refractivity contribution in [2.45, 2.75) is 97.1 Å². The van der Waals surface area contributed by atoms with Gasteiger partial charge in [0.2, 0.25) is 17.7 Å². The minimum absolute atomic E-state index is 0.0929. The van der Waals surface area contributed by atoms with Crippen molar-refractivity contribution in [3.8, 4) is 6.07 Å². The van der Waals surface area contributed by atoms with E-state index in [2.05, 4.69) is 10.6 Å². The molecule has 0 spiro atoms. The number of hydrogen-bond donors (Lipinski definition) is 3. The van der Waals surface area contributed by atoms with E-state index in [1.54, 1.807) is 97.0 Å². The molecular weight excluding hydrogens is 590 g/mol. The molecule has 0 fully saturated rings. The Labute approximate surface area is 270 Å². The van der Waals surface area contributed by atoms with Crippen molar-refractivity contribution >= 4 is 29.8 Å². The van der Waals surface area contributed by atoms with E-state index in [1.165, 1.54) is 0 Å². The van der Waals surface area contributed by atoms with Gasteiger partial charge in [-0.25, -0.2) is 9.59 Å². The van der Waals surface area contributed by atoms with Crippen molar-refractivity contribution < 1.29 is 33.4 Å². The predicted molar refractivity (Wildman–Crippen MR) is 171 cm³/mol. The third-order valence-corrected chi connectivity index (χ3v) is 6.53. The maximum atomic E-state index is 14.3. The maximum absolute atomic E-state index is 14.3. The Balaban J connectivity index is 2.60. The molecule has 0 saturated heterocycles. The van der Waals surface area contributed by atoms with Gasteiger partial charge in [-0.3, -0.25) is 14.4 Å². The zero-order valence-electron chi connectivity index (χ0n) is 27.6. The molecule has 4 N–H and O–H groups in total. The van der Waals surface area contributed by atoms with E-state index in [0.29, 0.717) is 11.1 Å². The quantitative estimate of drug-likeness (QED) is 0.220. The Bertz CT molecular complexity index is 1420. The Morgan fingerprint density at radius 1 is 0.870 bits per heavy atom. The van der Waals surface area contributed by atoms with Crippen molar-refractivity contribution in [2.24, 2.45) is 5.73 Å². The van der Waals surface area contributed by atoms with Gasteiger partial charge >= 0.3 is 12.1 Å². The molecule has 3 atom stereocenters. The lowest BCUT2D eigenvalue weighted by Gasteiger charge is -2.34. The number of carbonyl (C=O) groups is 5. The summed E-state index contributed by atoms with van der Waals surface area (Å²) in [5.74, 6) is -2.98. The van der Waals surface area contributed by atoms with Gasteiger partial charge in [-0.05, 0) is 71.6 Å². The Hall–Kier alpha value is -4.92. The van der Waals surface area contributed by atoms with Crippen molar-refractivity contribution in [2.75, 3.05) is 6.54 Å². The fraction of sp³-hybridized carbons (Fsp3) is 0.471. The first-order valence-corrected chi connectivity index (χ1v) is 15.0. The zero-order chi connectivity index (χ0) is 34.7. The van der Waals surface area contributed by atoms with Gasteiger partial charge in [0.25, 0.3) is 0 Å². The van der Waals surface area contributed by atoms with Gasteiger partial charge in [0.15, 0.2) is 0 Å². The minimum Gasteiger partial charge on any atom is -0.458 e. The molecule has 0 aliphatic rings. The van der Waals surface area contributed by atoms with Crippen LogP contribution in [-0.4, -0.2) is 64.5 Å². The maximum Gasteiger partial charge on any atom is 0.408 e. The zero-order valence-corrected chi connectivity index (χ0v) is 27.6. The molecule has 248 valence electrons. The average Bonchev–Trinajstić information content (AvgIpc) is 2.93. The summed E-state index contributed by atoms with van der Waals surface area (Å²) >= 11 is 0. The normalized spacial score (nSPS) is 13.3. The van der Waals surface area contributed by atoms with Crippen molar-refractivity contribution in [3.63, 3.8) is 0 Å². The highest BCUT2D eigenvalue weighted by molar-refractivity contribution is 5.94. The summed E-state index contributed by atoms with van der Waals surface area (Å²) < 4.78 is 10.9. The van der Waals surface area contributed by atoms with Gasteiger partial charge < -0.3 is 30.7 Å². The standard InChI is InChI=1S/C34H45N5O7/c1-22-13-11-12-16-24(22)28(29(41)37-26(31(43)45-33(2,3)4)21-23-14-9-8-10-15-23)39(20-19-35)30(42)25(17-18-27(36)40)38-32(44)46-34(5,6)7/h8-16,25-26,28H,17-18,20-21H2,1-7H3,(H2,36,40)(H,37,41)(H,38,44). The number of alkyl carbamates (subject to hydrolysis) is 1. The number of nitrogens with one attached hydrogen (secondary N) is 2. The third kappa shape index (κ3) is 12.2. The average molecular weight is 636 g/mol. The molecule has 0 aromatic heterocycles. The molecule has 2 aromatic carbocycles. The molecule has 12 heteroatoms. The Kier molecular flexibility index (Phi) is 13.3. The van der Waals surface area contributed by atoms with Gasteiger partial charge in [-0.1, -0.05) is 54.6 Å². The number of nitriles is 1. The van der Waals surface area contributed by atoms with Gasteiger partial charge in [-0.15, -0.1) is 0 Å². The lowest BCUT2D eigenvalue weighted by molar-refractivity contribution is -0.159. The number of carbonyl (C=O) groups excluding carboxylic acids is 5. The molecule has 12 nitrogen and oxygen atoms in total. The van der Waals surface area contributed by atoms with E-state index in [9.17, 15) is 29.2 Å². The largest absolute Gasteiger partial charge is 0.458 e. The molecule has 2 aromatic rings. The molecule has 0 bridgehead atoms. The van der Waals surface area contributed by atoms with Crippen LogP contribution >= 0.6 is 0 Å². The molecule has 2 rings (SSSR count). The van der Waals surface area contributed by atoms with Crippen molar-refractivity contribution in [3.05, 3.63) is 71.3 Å². The predicted octanol–water partition coefficient (Wildman–Crippen LogP) is 3.62. The second-order valence-electron chi connectivity index (χ2n) is 12.9. The van der Waals surface area contributed by atoms with E-state index >= 15 is 0 Å². The van der Waals surface area contributed by atoms with Crippen LogP contribution in [0.4, 0.5) is 4.79 Å². The van der Waals surface area contributed by atoms with Crippen LogP contribution in [0.1, 0.15) is 77.1 Å². The molecule has 0 radical (unpaired) electrons. The van der Waals surface area contributed by atoms with E-state index in [-0.39, 0.29) is 19.3 Å². The second kappa shape index (κ2) is 16.4. The fourth-order valence-electron chi connectivity index (χ4n) is 4.58. The number of primary amides is 1. The number of amides is 4. The molecule has 4 amide bonds. The number of benzene rings is 2. The summed E-state index contributed by atoms with van der Waals surface area (Å²) in [6.45, 7) is 11.2. The molecule has 0 heterocycles. The Morgan fingerprint density at radius 3 is 2.00 bits per heavy atom. The number of ether oxygens (including phenoxy) is 2. The van der Waals surface area contributed by atoms with Crippen LogP contribution in [0.25, 0.3) is 0 Å². The molecule has 0 aliphatic heterocycles. The lowest BCUT2D eigenvalue weighted by atomic mass is 9.96. The number of aryl methyl sites for hydroxylation is 1. The van der Waals surface area contributed by atoms with Crippen LogP contribution in [0, 0.1) is 18.3 Å². The number of hydrogen-bond acceptors (Lipinski definition) is 8. The molecule has 46 heavy (non-hydrogen) atoms. The van der Waals surface area contributed by atoms with Gasteiger partial charge in [0, 0.05) is 12.8 Å². The first-order chi connectivity index (χ1) is 21.4. The van der Waals surface area contributed by atoms with Crippen LogP contribution in [0.5, 0.6) is 0 Å². The van der Waals surface area contributed by atoms with Crippen molar-refractivity contribution in [1.82, 2.24) is 15.5 Å². The number of nitrogens with two attached hydrogens (primary N) is 1. The smallest absolute Gasteiger partial charge is 0.408 e. The SMILES string of the molecule is Cc1ccccc1C(C(=O)NC(Cc1ccccc1)C(=O)OC(C)(C)C)N(CC#N)C(=O)C(CCC(N)=O)NC(=O)OC(C)(C)C. The van der Waals surface area contributed by atoms with E-state index < -0.39 is 65.7 Å². The van der Waals surface area contributed by atoms with Crippen LogP contribution in [-0.2, 0) is 35.1 Å². The Morgan fingerprint density at radius 2 is 1.46 bits per heavy atom. The highest BCUT2D eigenvalue weighted by atomic mass is 16.6. The van der Waals surface area contributed by atoms with E-state index in [1.807, 2.05) is 12.1 Å². The van der Waals surface area contributed by atoms with E-state index in [4.69, 9.17) is 15.2 Å². The van der Waals surface area contributed by atoms with Crippen LogP contribution in [0.2, 0.25) is 0 Å². The van der Waals surface area contributed by atoms with Crippen LogP contribution in [0.15, 0.2) is 54.6 Å². The summed E-state index contributed by atoms with van der Waals surface area (Å²) in [4.78, 5) is 67.2. The van der Waals surface area contributed by atoms with E-state index in [0.717, 1.165) is 10.5 Å². The number of nitrogens with zero attached hydrogens (tertiary/aromatic N) is 2. The lowest BCUT2D eigenvalue weighted by Crippen LogP contribution is -2.55. The molecule has 0 saturated carbocycles. The number of esters is 1. The van der Waals surface area contributed by atoms with Gasteiger partial charge in [0.1, 0.15) is 35.9 Å². The minimum atomic E-state index is -1.41. The highest BCUT2D eigenvalue weighted by Gasteiger charge is 2.39. The highest BCUT2D eigenvalue weighted by Crippen LogP contribution is 2.26. The van der Waals surface area contributed by atoms with Crippen molar-refractivity contribution in [1.29, 1.82) is 5.26 Å². The summed E-state index contributed by atoms with van der Waals surface area (Å²) in [6, 6.07) is 13.8. The first kappa shape index (κ1) is 37.3. The van der Waals surface area contributed by atoms with Crippen LogP contribution in [0.3, 0.4) is 0 Å². The first-order valence-electron chi connectivity index (χ1n) is 15.0. The third-order valence-electron chi connectivity index (χ3n) is 6.53. The van der Waals surface area contributed by atoms with Gasteiger partial charge in [0.05, 0.1) is 6.07 Å². The second-order valence-corrected chi connectivity index (χ2v) is 12.9. The summed E-state index contributed by atoms with van der Waals surface area (Å²) in [7, 11) is 0. The molecule has 0 aliphatic carbocycles.